The predicted octanol–water partition coefficient (Wildman–Crippen LogP) is 1.74. The summed E-state index contributed by atoms with van der Waals surface area (Å²) in [5.74, 6) is 0. The molecule has 0 aliphatic heterocycles. The molecule has 1 rings (SSSR count). The third-order valence-electron chi connectivity index (χ3n) is 1.58. The maximum atomic E-state index is 11.2. The lowest BCUT2D eigenvalue weighted by molar-refractivity contribution is 0.601. The molecule has 1 aromatic rings. The Hall–Kier alpha value is -0.290. The van der Waals surface area contributed by atoms with Crippen LogP contribution < -0.4 is 0 Å². The second-order valence-electron chi connectivity index (χ2n) is 2.59. The molecule has 1 N–H and O–H groups in total. The van der Waals surface area contributed by atoms with Crippen molar-refractivity contribution in [3.8, 4) is 0 Å². The van der Waals surface area contributed by atoms with Crippen LogP contribution in [0.2, 0.25) is 0 Å². The Morgan fingerprint density at radius 1 is 1.58 bits per heavy atom. The van der Waals surface area contributed by atoms with Crippen molar-refractivity contribution >= 4 is 25.8 Å². The minimum Gasteiger partial charge on any atom is -0.352 e. The first-order valence-electron chi connectivity index (χ1n) is 3.52. The molecule has 0 unspecified atom stereocenters. The van der Waals surface area contributed by atoms with Crippen LogP contribution in [0.15, 0.2) is 15.6 Å². The first-order chi connectivity index (χ1) is 5.45. The van der Waals surface area contributed by atoms with Crippen LogP contribution in [0, 0.1) is 0 Å². The van der Waals surface area contributed by atoms with Crippen molar-refractivity contribution in [3.63, 3.8) is 0 Å². The molecule has 0 aliphatic carbocycles. The molecule has 0 saturated heterocycles. The third kappa shape index (κ3) is 1.90. The van der Waals surface area contributed by atoms with E-state index in [0.717, 1.165) is 5.69 Å². The smallest absolute Gasteiger partial charge is 0.177 e. The van der Waals surface area contributed by atoms with Gasteiger partial charge < -0.3 is 4.98 Å². The van der Waals surface area contributed by atoms with Gasteiger partial charge in [-0.1, -0.05) is 6.92 Å². The number of hydrogen-bond donors (Lipinski definition) is 1. The highest BCUT2D eigenvalue weighted by molar-refractivity contribution is 9.10. The topological polar surface area (TPSA) is 49.9 Å². The van der Waals surface area contributed by atoms with E-state index in [9.17, 15) is 8.42 Å². The molecule has 0 aromatic carbocycles. The van der Waals surface area contributed by atoms with Crippen molar-refractivity contribution in [2.24, 2.45) is 0 Å². The van der Waals surface area contributed by atoms with Gasteiger partial charge >= 0.3 is 0 Å². The Balaban J connectivity index is 3.33. The highest BCUT2D eigenvalue weighted by atomic mass is 79.9. The number of aromatic amines is 1. The molecule has 0 amide bonds. The molecule has 12 heavy (non-hydrogen) atoms. The van der Waals surface area contributed by atoms with Gasteiger partial charge in [-0.05, 0) is 28.4 Å². The number of nitrogens with one attached hydrogen (secondary N) is 1. The lowest BCUT2D eigenvalue weighted by Gasteiger charge is -1.96. The van der Waals surface area contributed by atoms with Crippen LogP contribution in [-0.2, 0) is 16.3 Å². The molecular formula is C7H10BrNO2S. The molecule has 0 aliphatic rings. The molecule has 0 fully saturated rings. The van der Waals surface area contributed by atoms with Crippen LogP contribution in [0.1, 0.15) is 12.6 Å². The molecule has 0 radical (unpaired) electrons. The fraction of sp³-hybridized carbons (Fsp3) is 0.429. The number of halogens is 1. The lowest BCUT2D eigenvalue weighted by Crippen LogP contribution is -1.98. The summed E-state index contributed by atoms with van der Waals surface area (Å²) < 4.78 is 23.1. The summed E-state index contributed by atoms with van der Waals surface area (Å²) >= 11 is 3.20. The second kappa shape index (κ2) is 3.22. The molecule has 5 heteroatoms. The SMILES string of the molecule is CCc1[nH]c(Br)cc1S(C)(=O)=O. The highest BCUT2D eigenvalue weighted by Gasteiger charge is 2.14. The first kappa shape index (κ1) is 9.80. The van der Waals surface area contributed by atoms with Gasteiger partial charge in [0.1, 0.15) is 0 Å². The van der Waals surface area contributed by atoms with Gasteiger partial charge in [0.2, 0.25) is 0 Å². The summed E-state index contributed by atoms with van der Waals surface area (Å²) in [7, 11) is -3.09. The van der Waals surface area contributed by atoms with Crippen molar-refractivity contribution in [1.29, 1.82) is 0 Å². The fourth-order valence-electron chi connectivity index (χ4n) is 1.04. The van der Waals surface area contributed by atoms with Crippen molar-refractivity contribution in [3.05, 3.63) is 16.4 Å². The molecule has 68 valence electrons. The van der Waals surface area contributed by atoms with Gasteiger partial charge in [0.15, 0.2) is 9.84 Å². The van der Waals surface area contributed by atoms with E-state index in [1.807, 2.05) is 6.92 Å². The number of rotatable bonds is 2. The summed E-state index contributed by atoms with van der Waals surface area (Å²) in [4.78, 5) is 3.32. The molecule has 1 aromatic heterocycles. The Morgan fingerprint density at radius 3 is 2.50 bits per heavy atom. The monoisotopic (exact) mass is 251 g/mol. The lowest BCUT2D eigenvalue weighted by atomic mass is 10.3. The number of hydrogen-bond acceptors (Lipinski definition) is 2. The fourth-order valence-corrected chi connectivity index (χ4v) is 2.63. The van der Waals surface area contributed by atoms with Crippen LogP contribution in [0.5, 0.6) is 0 Å². The summed E-state index contributed by atoms with van der Waals surface area (Å²) in [5.41, 5.74) is 0.754. The molecule has 0 saturated carbocycles. The van der Waals surface area contributed by atoms with Crippen LogP contribution in [0.4, 0.5) is 0 Å². The Bertz CT molecular complexity index is 380. The van der Waals surface area contributed by atoms with E-state index in [-0.39, 0.29) is 0 Å². The van der Waals surface area contributed by atoms with Gasteiger partial charge in [0, 0.05) is 11.9 Å². The van der Waals surface area contributed by atoms with Gasteiger partial charge in [-0.15, -0.1) is 0 Å². The zero-order chi connectivity index (χ0) is 9.35. The van der Waals surface area contributed by atoms with Crippen molar-refractivity contribution in [2.45, 2.75) is 18.2 Å². The van der Waals surface area contributed by atoms with E-state index in [0.29, 0.717) is 15.9 Å². The van der Waals surface area contributed by atoms with Crippen molar-refractivity contribution in [1.82, 2.24) is 4.98 Å². The molecule has 0 atom stereocenters. The summed E-state index contributed by atoms with van der Waals surface area (Å²) in [5, 5.41) is 0. The summed E-state index contributed by atoms with van der Waals surface area (Å²) in [6, 6.07) is 1.59. The maximum Gasteiger partial charge on any atom is 0.177 e. The molecular weight excluding hydrogens is 242 g/mol. The Morgan fingerprint density at radius 2 is 2.17 bits per heavy atom. The molecule has 1 heterocycles. The van der Waals surface area contributed by atoms with E-state index < -0.39 is 9.84 Å². The predicted molar refractivity (Wildman–Crippen MR) is 51.0 cm³/mol. The number of H-pyrrole nitrogens is 1. The second-order valence-corrected chi connectivity index (χ2v) is 5.42. The molecule has 3 nitrogen and oxygen atoms in total. The van der Waals surface area contributed by atoms with Gasteiger partial charge in [0.25, 0.3) is 0 Å². The summed E-state index contributed by atoms with van der Waals surface area (Å²) in [6.45, 7) is 1.91. The summed E-state index contributed by atoms with van der Waals surface area (Å²) in [6.07, 6.45) is 1.90. The van der Waals surface area contributed by atoms with Gasteiger partial charge in [-0.3, -0.25) is 0 Å². The van der Waals surface area contributed by atoms with Crippen LogP contribution in [0.3, 0.4) is 0 Å². The normalized spacial score (nSPS) is 11.9. The number of aryl methyl sites for hydroxylation is 1. The average Bonchev–Trinajstić information content (AvgIpc) is 2.29. The third-order valence-corrected chi connectivity index (χ3v) is 3.17. The minimum atomic E-state index is -3.09. The van der Waals surface area contributed by atoms with Crippen molar-refractivity contribution in [2.75, 3.05) is 6.26 Å². The Labute approximate surface area is 80.2 Å². The first-order valence-corrected chi connectivity index (χ1v) is 6.21. The van der Waals surface area contributed by atoms with Crippen LogP contribution >= 0.6 is 15.9 Å². The van der Waals surface area contributed by atoms with Crippen LogP contribution in [-0.4, -0.2) is 19.7 Å². The van der Waals surface area contributed by atoms with E-state index >= 15 is 0 Å². The largest absolute Gasteiger partial charge is 0.352 e. The van der Waals surface area contributed by atoms with Gasteiger partial charge in [-0.25, -0.2) is 8.42 Å². The van der Waals surface area contributed by atoms with Gasteiger partial charge in [-0.2, -0.15) is 0 Å². The zero-order valence-corrected chi connectivity index (χ0v) is 9.29. The average molecular weight is 252 g/mol. The zero-order valence-electron chi connectivity index (χ0n) is 6.89. The Kier molecular flexibility index (Phi) is 2.63. The van der Waals surface area contributed by atoms with Gasteiger partial charge in [0.05, 0.1) is 9.50 Å². The standard InChI is InChI=1S/C7H10BrNO2S/c1-3-5-6(12(2,10)11)4-7(8)9-5/h4,9H,3H2,1-2H3. The van der Waals surface area contributed by atoms with Crippen molar-refractivity contribution < 1.29 is 8.42 Å². The number of sulfone groups is 1. The number of aromatic nitrogens is 1. The highest BCUT2D eigenvalue weighted by Crippen LogP contribution is 2.20. The molecule has 0 bridgehead atoms. The van der Waals surface area contributed by atoms with E-state index in [4.69, 9.17) is 0 Å². The minimum absolute atomic E-state index is 0.386. The molecule has 0 spiro atoms. The van der Waals surface area contributed by atoms with E-state index in [1.54, 1.807) is 6.07 Å². The maximum absolute atomic E-state index is 11.2. The van der Waals surface area contributed by atoms with Crippen LogP contribution in [0.25, 0.3) is 0 Å². The quantitative estimate of drug-likeness (QED) is 0.871. The van der Waals surface area contributed by atoms with E-state index in [2.05, 4.69) is 20.9 Å². The van der Waals surface area contributed by atoms with E-state index in [1.165, 1.54) is 6.26 Å².